The van der Waals surface area contributed by atoms with Crippen LogP contribution in [0.3, 0.4) is 0 Å². The first kappa shape index (κ1) is 16.7. The summed E-state index contributed by atoms with van der Waals surface area (Å²) in [6, 6.07) is 9.63. The number of rotatable bonds is 7. The predicted octanol–water partition coefficient (Wildman–Crippen LogP) is 1.83. The van der Waals surface area contributed by atoms with Crippen LogP contribution in [0.5, 0.6) is 0 Å². The monoisotopic (exact) mass is 315 g/mol. The SMILES string of the molecule is CCN(CC)C(=O)COC(=O)Cc1cnn(-c2ccccc2)c1. The molecule has 6 nitrogen and oxygen atoms in total. The zero-order valence-electron chi connectivity index (χ0n) is 13.4. The van der Waals surface area contributed by atoms with Gasteiger partial charge in [0.15, 0.2) is 6.61 Å². The molecule has 0 atom stereocenters. The summed E-state index contributed by atoms with van der Waals surface area (Å²) in [5.41, 5.74) is 1.66. The van der Waals surface area contributed by atoms with Crippen molar-refractivity contribution in [1.82, 2.24) is 14.7 Å². The lowest BCUT2D eigenvalue weighted by Crippen LogP contribution is -2.34. The third-order valence-electron chi connectivity index (χ3n) is 3.48. The van der Waals surface area contributed by atoms with E-state index in [-0.39, 0.29) is 18.9 Å². The highest BCUT2D eigenvalue weighted by molar-refractivity contribution is 5.81. The lowest BCUT2D eigenvalue weighted by molar-refractivity contribution is -0.151. The molecule has 0 saturated carbocycles. The van der Waals surface area contributed by atoms with Crippen LogP contribution in [0.4, 0.5) is 0 Å². The van der Waals surface area contributed by atoms with E-state index in [0.717, 1.165) is 11.3 Å². The Labute approximate surface area is 135 Å². The summed E-state index contributed by atoms with van der Waals surface area (Å²) in [4.78, 5) is 25.2. The molecule has 2 aromatic rings. The number of carbonyl (C=O) groups is 2. The molecule has 0 saturated heterocycles. The molecule has 0 aliphatic rings. The summed E-state index contributed by atoms with van der Waals surface area (Å²) >= 11 is 0. The molecule has 1 amide bonds. The topological polar surface area (TPSA) is 64.4 Å². The van der Waals surface area contributed by atoms with Gasteiger partial charge in [0.05, 0.1) is 18.3 Å². The van der Waals surface area contributed by atoms with Crippen LogP contribution in [0.1, 0.15) is 19.4 Å². The average Bonchev–Trinajstić information content (AvgIpc) is 3.03. The largest absolute Gasteiger partial charge is 0.455 e. The quantitative estimate of drug-likeness (QED) is 0.731. The number of benzene rings is 1. The highest BCUT2D eigenvalue weighted by Crippen LogP contribution is 2.08. The standard InChI is InChI=1S/C17H21N3O3/c1-3-19(4-2)16(21)13-23-17(22)10-14-11-18-20(12-14)15-8-6-5-7-9-15/h5-9,11-12H,3-4,10,13H2,1-2H3. The van der Waals surface area contributed by atoms with E-state index in [2.05, 4.69) is 5.10 Å². The van der Waals surface area contributed by atoms with Gasteiger partial charge in [-0.25, -0.2) is 4.68 Å². The van der Waals surface area contributed by atoms with Crippen molar-refractivity contribution in [3.63, 3.8) is 0 Å². The van der Waals surface area contributed by atoms with Gasteiger partial charge in [-0.05, 0) is 26.0 Å². The molecular formula is C17H21N3O3. The van der Waals surface area contributed by atoms with E-state index < -0.39 is 5.97 Å². The Morgan fingerprint density at radius 3 is 2.52 bits per heavy atom. The van der Waals surface area contributed by atoms with E-state index in [4.69, 9.17) is 4.74 Å². The molecule has 0 aliphatic carbocycles. The Kier molecular flexibility index (Phi) is 5.91. The molecule has 6 heteroatoms. The van der Waals surface area contributed by atoms with Crippen LogP contribution in [-0.2, 0) is 20.7 Å². The second-order valence-electron chi connectivity index (χ2n) is 5.03. The van der Waals surface area contributed by atoms with Crippen molar-refractivity contribution >= 4 is 11.9 Å². The Balaban J connectivity index is 1.87. The molecule has 2 rings (SSSR count). The minimum Gasteiger partial charge on any atom is -0.455 e. The smallest absolute Gasteiger partial charge is 0.310 e. The van der Waals surface area contributed by atoms with Gasteiger partial charge in [0.25, 0.3) is 5.91 Å². The van der Waals surface area contributed by atoms with E-state index in [1.807, 2.05) is 44.2 Å². The van der Waals surface area contributed by atoms with Gasteiger partial charge in [-0.15, -0.1) is 0 Å². The molecule has 0 bridgehead atoms. The minimum atomic E-state index is -0.432. The van der Waals surface area contributed by atoms with Crippen LogP contribution >= 0.6 is 0 Å². The van der Waals surface area contributed by atoms with E-state index in [9.17, 15) is 9.59 Å². The molecule has 0 unspecified atom stereocenters. The van der Waals surface area contributed by atoms with Gasteiger partial charge in [-0.2, -0.15) is 5.10 Å². The number of amides is 1. The maximum atomic E-state index is 11.8. The molecule has 0 spiro atoms. The normalized spacial score (nSPS) is 10.3. The van der Waals surface area contributed by atoms with Crippen LogP contribution in [0.25, 0.3) is 5.69 Å². The summed E-state index contributed by atoms with van der Waals surface area (Å²) in [7, 11) is 0. The second-order valence-corrected chi connectivity index (χ2v) is 5.03. The predicted molar refractivity (Wildman–Crippen MR) is 86.2 cm³/mol. The number of aromatic nitrogens is 2. The number of carbonyl (C=O) groups excluding carboxylic acids is 2. The summed E-state index contributed by atoms with van der Waals surface area (Å²) in [5, 5.41) is 4.22. The molecule has 1 heterocycles. The molecule has 23 heavy (non-hydrogen) atoms. The molecule has 0 fully saturated rings. The van der Waals surface area contributed by atoms with Crippen LogP contribution in [-0.4, -0.2) is 46.3 Å². The number of likely N-dealkylation sites (N-methyl/N-ethyl adjacent to an activating group) is 1. The van der Waals surface area contributed by atoms with Crippen LogP contribution in [0, 0.1) is 0 Å². The first-order valence-electron chi connectivity index (χ1n) is 7.66. The Morgan fingerprint density at radius 1 is 1.17 bits per heavy atom. The van der Waals surface area contributed by atoms with Crippen LogP contribution in [0.15, 0.2) is 42.7 Å². The summed E-state index contributed by atoms with van der Waals surface area (Å²) in [6.07, 6.45) is 3.50. The summed E-state index contributed by atoms with van der Waals surface area (Å²) in [6.45, 7) is 4.78. The second kappa shape index (κ2) is 8.12. The zero-order valence-corrected chi connectivity index (χ0v) is 13.4. The van der Waals surface area contributed by atoms with Gasteiger partial charge in [-0.3, -0.25) is 9.59 Å². The maximum absolute atomic E-state index is 11.8. The number of ether oxygens (including phenoxy) is 1. The van der Waals surface area contributed by atoms with Gasteiger partial charge in [-0.1, -0.05) is 18.2 Å². The molecule has 0 radical (unpaired) electrons. The molecule has 122 valence electrons. The number of hydrogen-bond acceptors (Lipinski definition) is 4. The van der Waals surface area contributed by atoms with E-state index in [1.165, 1.54) is 0 Å². The van der Waals surface area contributed by atoms with Crippen molar-refractivity contribution in [2.75, 3.05) is 19.7 Å². The van der Waals surface area contributed by atoms with E-state index >= 15 is 0 Å². The lowest BCUT2D eigenvalue weighted by Gasteiger charge is -2.18. The van der Waals surface area contributed by atoms with Gasteiger partial charge < -0.3 is 9.64 Å². The Morgan fingerprint density at radius 2 is 1.87 bits per heavy atom. The highest BCUT2D eigenvalue weighted by atomic mass is 16.5. The average molecular weight is 315 g/mol. The first-order chi connectivity index (χ1) is 11.1. The van der Waals surface area contributed by atoms with Gasteiger partial charge >= 0.3 is 5.97 Å². The fraction of sp³-hybridized carbons (Fsp3) is 0.353. The van der Waals surface area contributed by atoms with Gasteiger partial charge in [0.2, 0.25) is 0 Å². The number of esters is 1. The number of nitrogens with zero attached hydrogens (tertiary/aromatic N) is 3. The van der Waals surface area contributed by atoms with Crippen molar-refractivity contribution in [2.45, 2.75) is 20.3 Å². The molecule has 0 N–H and O–H groups in total. The third-order valence-corrected chi connectivity index (χ3v) is 3.48. The summed E-state index contributed by atoms with van der Waals surface area (Å²) < 4.78 is 6.74. The fourth-order valence-electron chi connectivity index (χ4n) is 2.20. The summed E-state index contributed by atoms with van der Waals surface area (Å²) in [5.74, 6) is -0.610. The highest BCUT2D eigenvalue weighted by Gasteiger charge is 2.13. The van der Waals surface area contributed by atoms with E-state index in [1.54, 1.807) is 22.0 Å². The van der Waals surface area contributed by atoms with Gasteiger partial charge in [0, 0.05) is 24.8 Å². The molecule has 1 aromatic heterocycles. The molecule has 0 aliphatic heterocycles. The fourth-order valence-corrected chi connectivity index (χ4v) is 2.20. The Bertz CT molecular complexity index is 648. The maximum Gasteiger partial charge on any atom is 0.310 e. The molecule has 1 aromatic carbocycles. The van der Waals surface area contributed by atoms with Crippen molar-refractivity contribution < 1.29 is 14.3 Å². The Hall–Kier alpha value is -2.63. The zero-order chi connectivity index (χ0) is 16.7. The van der Waals surface area contributed by atoms with Crippen LogP contribution < -0.4 is 0 Å². The first-order valence-corrected chi connectivity index (χ1v) is 7.66. The van der Waals surface area contributed by atoms with Crippen molar-refractivity contribution in [2.24, 2.45) is 0 Å². The van der Waals surface area contributed by atoms with Gasteiger partial charge in [0.1, 0.15) is 0 Å². The number of hydrogen-bond donors (Lipinski definition) is 0. The van der Waals surface area contributed by atoms with Crippen molar-refractivity contribution in [1.29, 1.82) is 0 Å². The number of para-hydroxylation sites is 1. The minimum absolute atomic E-state index is 0.0956. The van der Waals surface area contributed by atoms with Crippen molar-refractivity contribution in [3.05, 3.63) is 48.3 Å². The van der Waals surface area contributed by atoms with E-state index in [0.29, 0.717) is 13.1 Å². The lowest BCUT2D eigenvalue weighted by atomic mass is 10.2. The van der Waals surface area contributed by atoms with Crippen molar-refractivity contribution in [3.8, 4) is 5.69 Å². The molecular weight excluding hydrogens is 294 g/mol. The van der Waals surface area contributed by atoms with Crippen LogP contribution in [0.2, 0.25) is 0 Å². The third kappa shape index (κ3) is 4.67.